The van der Waals surface area contributed by atoms with Gasteiger partial charge in [-0.25, -0.2) is 0 Å². The van der Waals surface area contributed by atoms with Gasteiger partial charge in [-0.2, -0.15) is 5.10 Å². The van der Waals surface area contributed by atoms with Crippen molar-refractivity contribution in [3.8, 4) is 0 Å². The Morgan fingerprint density at radius 3 is 2.95 bits per heavy atom. The molecule has 1 aromatic rings. The first kappa shape index (κ1) is 15.5. The van der Waals surface area contributed by atoms with Crippen LogP contribution in [0.15, 0.2) is 17.5 Å². The quantitative estimate of drug-likeness (QED) is 0.295. The van der Waals surface area contributed by atoms with Gasteiger partial charge in [0.15, 0.2) is 0 Å². The number of aromatic nitrogens is 2. The van der Waals surface area contributed by atoms with Crippen molar-refractivity contribution in [2.75, 3.05) is 26.8 Å². The number of methoxy groups -OCH3 is 1. The number of amidine groups is 1. The molecule has 7 nitrogen and oxygen atoms in total. The average molecular weight is 269 g/mol. The summed E-state index contributed by atoms with van der Waals surface area (Å²) in [7, 11) is 1.68. The molecule has 0 aliphatic carbocycles. The first-order chi connectivity index (χ1) is 9.19. The fourth-order valence-corrected chi connectivity index (χ4v) is 1.73. The van der Waals surface area contributed by atoms with Crippen molar-refractivity contribution in [1.82, 2.24) is 14.7 Å². The number of nitrogens with two attached hydrogens (primary N) is 1. The molecule has 3 N–H and O–H groups in total. The Labute approximate surface area is 113 Å². The summed E-state index contributed by atoms with van der Waals surface area (Å²) in [5.74, 6) is 0.242. The normalized spacial score (nSPS) is 12.3. The van der Waals surface area contributed by atoms with Gasteiger partial charge in [0.2, 0.25) is 0 Å². The third-order valence-corrected chi connectivity index (χ3v) is 2.84. The van der Waals surface area contributed by atoms with E-state index < -0.39 is 0 Å². The molecule has 0 aliphatic heterocycles. The van der Waals surface area contributed by atoms with E-state index in [1.54, 1.807) is 7.11 Å². The number of nitrogens with zero attached hydrogens (tertiary/aromatic N) is 4. The van der Waals surface area contributed by atoms with Crippen LogP contribution >= 0.6 is 0 Å². The number of aryl methyl sites for hydroxylation is 1. The van der Waals surface area contributed by atoms with E-state index in [0.29, 0.717) is 13.0 Å². The van der Waals surface area contributed by atoms with Crippen molar-refractivity contribution >= 4 is 5.84 Å². The summed E-state index contributed by atoms with van der Waals surface area (Å²) in [5.41, 5.74) is 6.64. The molecule has 0 aromatic carbocycles. The van der Waals surface area contributed by atoms with Gasteiger partial charge < -0.3 is 15.7 Å². The van der Waals surface area contributed by atoms with Gasteiger partial charge in [0.1, 0.15) is 5.84 Å². The largest absolute Gasteiger partial charge is 0.409 e. The van der Waals surface area contributed by atoms with Gasteiger partial charge in [0, 0.05) is 51.5 Å². The number of oxime groups is 1. The minimum absolute atomic E-state index is 0.242. The van der Waals surface area contributed by atoms with Crippen LogP contribution in [0.5, 0.6) is 0 Å². The zero-order valence-corrected chi connectivity index (χ0v) is 11.6. The Morgan fingerprint density at radius 1 is 1.58 bits per heavy atom. The molecular weight excluding hydrogens is 246 g/mol. The Balaban J connectivity index is 2.52. The molecule has 0 spiro atoms. The SMILES string of the molecule is CCn1cc(CN(CCOC)CCC(N)=NO)cn1. The smallest absolute Gasteiger partial charge is 0.140 e. The van der Waals surface area contributed by atoms with Crippen LogP contribution in [-0.2, 0) is 17.8 Å². The summed E-state index contributed by atoms with van der Waals surface area (Å²) in [6.07, 6.45) is 4.43. The Kier molecular flexibility index (Phi) is 6.91. The molecular formula is C12H23N5O2. The fraction of sp³-hybridized carbons (Fsp3) is 0.667. The molecule has 1 rings (SSSR count). The Bertz CT molecular complexity index is 391. The van der Waals surface area contributed by atoms with Crippen LogP contribution in [0.3, 0.4) is 0 Å². The predicted molar refractivity (Wildman–Crippen MR) is 73.1 cm³/mol. The van der Waals surface area contributed by atoms with E-state index in [2.05, 4.69) is 22.1 Å². The summed E-state index contributed by atoms with van der Waals surface area (Å²) < 4.78 is 6.99. The van der Waals surface area contributed by atoms with Crippen LogP contribution in [0.2, 0.25) is 0 Å². The van der Waals surface area contributed by atoms with Crippen LogP contribution in [0.4, 0.5) is 0 Å². The van der Waals surface area contributed by atoms with Crippen LogP contribution in [0.25, 0.3) is 0 Å². The fourth-order valence-electron chi connectivity index (χ4n) is 1.73. The summed E-state index contributed by atoms with van der Waals surface area (Å²) in [6, 6.07) is 0. The summed E-state index contributed by atoms with van der Waals surface area (Å²) in [6.45, 7) is 5.86. The molecule has 0 unspecified atom stereocenters. The van der Waals surface area contributed by atoms with Crippen molar-refractivity contribution in [2.45, 2.75) is 26.4 Å². The topological polar surface area (TPSA) is 88.9 Å². The van der Waals surface area contributed by atoms with E-state index in [0.717, 1.165) is 31.7 Å². The number of hydrogen-bond donors (Lipinski definition) is 2. The second-order valence-electron chi connectivity index (χ2n) is 4.31. The lowest BCUT2D eigenvalue weighted by molar-refractivity contribution is 0.145. The maximum absolute atomic E-state index is 8.56. The molecule has 7 heteroatoms. The maximum Gasteiger partial charge on any atom is 0.140 e. The third-order valence-electron chi connectivity index (χ3n) is 2.84. The van der Waals surface area contributed by atoms with Crippen LogP contribution < -0.4 is 5.73 Å². The molecule has 108 valence electrons. The number of ether oxygens (including phenoxy) is 1. The highest BCUT2D eigenvalue weighted by molar-refractivity contribution is 5.79. The van der Waals surface area contributed by atoms with Crippen molar-refractivity contribution in [3.63, 3.8) is 0 Å². The highest BCUT2D eigenvalue weighted by Crippen LogP contribution is 2.04. The standard InChI is InChI=1S/C12H23N5O2/c1-3-17-10-11(8-14-17)9-16(6-7-19-2)5-4-12(13)15-18/h8,10,18H,3-7,9H2,1-2H3,(H2,13,15). The third kappa shape index (κ3) is 5.71. The van der Waals surface area contributed by atoms with Gasteiger partial charge in [0.25, 0.3) is 0 Å². The summed E-state index contributed by atoms with van der Waals surface area (Å²) in [5, 5.41) is 15.8. The number of rotatable bonds is 9. The predicted octanol–water partition coefficient (Wildman–Crippen LogP) is 0.488. The molecule has 0 amide bonds. The molecule has 0 radical (unpaired) electrons. The van der Waals surface area contributed by atoms with Crippen molar-refractivity contribution in [1.29, 1.82) is 0 Å². The van der Waals surface area contributed by atoms with Crippen molar-refractivity contribution in [2.24, 2.45) is 10.9 Å². The average Bonchev–Trinajstić information content (AvgIpc) is 2.89. The molecule has 0 fully saturated rings. The lowest BCUT2D eigenvalue weighted by atomic mass is 10.3. The molecule has 1 heterocycles. The van der Waals surface area contributed by atoms with Gasteiger partial charge in [-0.3, -0.25) is 9.58 Å². The second kappa shape index (κ2) is 8.49. The van der Waals surface area contributed by atoms with E-state index in [9.17, 15) is 0 Å². The highest BCUT2D eigenvalue weighted by atomic mass is 16.5. The zero-order chi connectivity index (χ0) is 14.1. The molecule has 0 bridgehead atoms. The highest BCUT2D eigenvalue weighted by Gasteiger charge is 2.08. The van der Waals surface area contributed by atoms with E-state index >= 15 is 0 Å². The monoisotopic (exact) mass is 269 g/mol. The Morgan fingerprint density at radius 2 is 2.37 bits per heavy atom. The number of hydrogen-bond acceptors (Lipinski definition) is 5. The van der Waals surface area contributed by atoms with Gasteiger partial charge in [0.05, 0.1) is 12.8 Å². The molecule has 0 saturated carbocycles. The van der Waals surface area contributed by atoms with Crippen LogP contribution in [0, 0.1) is 0 Å². The van der Waals surface area contributed by atoms with Crippen molar-refractivity contribution in [3.05, 3.63) is 18.0 Å². The molecule has 0 saturated heterocycles. The van der Waals surface area contributed by atoms with Gasteiger partial charge in [-0.05, 0) is 6.92 Å². The van der Waals surface area contributed by atoms with Gasteiger partial charge in [-0.15, -0.1) is 0 Å². The summed E-state index contributed by atoms with van der Waals surface area (Å²) >= 11 is 0. The van der Waals surface area contributed by atoms with Crippen LogP contribution in [-0.4, -0.2) is 52.5 Å². The van der Waals surface area contributed by atoms with E-state index in [1.807, 2.05) is 17.1 Å². The molecule has 1 aromatic heterocycles. The molecule has 0 atom stereocenters. The zero-order valence-electron chi connectivity index (χ0n) is 11.6. The second-order valence-corrected chi connectivity index (χ2v) is 4.31. The van der Waals surface area contributed by atoms with Gasteiger partial charge in [-0.1, -0.05) is 5.16 Å². The lowest BCUT2D eigenvalue weighted by Crippen LogP contribution is -2.30. The maximum atomic E-state index is 8.56. The Hall–Kier alpha value is -1.60. The van der Waals surface area contributed by atoms with E-state index in [-0.39, 0.29) is 5.84 Å². The van der Waals surface area contributed by atoms with Crippen molar-refractivity contribution < 1.29 is 9.94 Å². The van der Waals surface area contributed by atoms with E-state index in [1.165, 1.54) is 0 Å². The van der Waals surface area contributed by atoms with E-state index in [4.69, 9.17) is 15.7 Å². The molecule has 0 aliphatic rings. The minimum Gasteiger partial charge on any atom is -0.409 e. The van der Waals surface area contributed by atoms with Crippen LogP contribution in [0.1, 0.15) is 18.9 Å². The first-order valence-electron chi connectivity index (χ1n) is 6.38. The first-order valence-corrected chi connectivity index (χ1v) is 6.38. The van der Waals surface area contributed by atoms with Gasteiger partial charge >= 0.3 is 0 Å². The molecule has 19 heavy (non-hydrogen) atoms. The lowest BCUT2D eigenvalue weighted by Gasteiger charge is -2.20. The minimum atomic E-state index is 0.242. The summed E-state index contributed by atoms with van der Waals surface area (Å²) in [4.78, 5) is 2.19.